The van der Waals surface area contributed by atoms with Crippen LogP contribution in [0.3, 0.4) is 0 Å². The van der Waals surface area contributed by atoms with E-state index < -0.39 is 0 Å². The molecule has 1 fully saturated rings. The number of nitrogens with zero attached hydrogens (tertiary/aromatic N) is 2. The molecule has 2 aromatic rings. The van der Waals surface area contributed by atoms with Crippen LogP contribution in [0.15, 0.2) is 53.4 Å². The van der Waals surface area contributed by atoms with Gasteiger partial charge < -0.3 is 9.80 Å². The van der Waals surface area contributed by atoms with Crippen molar-refractivity contribution in [2.75, 3.05) is 36.8 Å². The molecule has 1 heterocycles. The highest BCUT2D eigenvalue weighted by Gasteiger charge is 2.22. The number of hydrogen-bond acceptors (Lipinski definition) is 3. The fourth-order valence-corrected chi connectivity index (χ4v) is 4.05. The first-order valence-corrected chi connectivity index (χ1v) is 9.66. The maximum absolute atomic E-state index is 13.9. The van der Waals surface area contributed by atoms with E-state index >= 15 is 0 Å². The Kier molecular flexibility index (Phi) is 6.21. The maximum Gasteiger partial charge on any atom is 0.223 e. The van der Waals surface area contributed by atoms with E-state index in [9.17, 15) is 9.18 Å². The number of amides is 1. The summed E-state index contributed by atoms with van der Waals surface area (Å²) in [6.07, 6.45) is 0.482. The third kappa shape index (κ3) is 4.67. The van der Waals surface area contributed by atoms with Gasteiger partial charge in [0.1, 0.15) is 5.82 Å². The van der Waals surface area contributed by atoms with Crippen LogP contribution in [0.1, 0.15) is 6.42 Å². The van der Waals surface area contributed by atoms with Crippen molar-refractivity contribution in [2.24, 2.45) is 0 Å². The zero-order valence-electron chi connectivity index (χ0n) is 13.8. The van der Waals surface area contributed by atoms with Crippen molar-refractivity contribution in [1.82, 2.24) is 4.90 Å². The van der Waals surface area contributed by atoms with E-state index in [0.717, 1.165) is 9.92 Å². The molecular formula is C19H20ClFN2OS. The second kappa shape index (κ2) is 8.59. The molecular weight excluding hydrogens is 359 g/mol. The first-order chi connectivity index (χ1) is 12.1. The smallest absolute Gasteiger partial charge is 0.223 e. The van der Waals surface area contributed by atoms with E-state index in [1.807, 2.05) is 40.1 Å². The number of hydrogen-bond donors (Lipinski definition) is 0. The molecule has 0 radical (unpaired) electrons. The van der Waals surface area contributed by atoms with Crippen LogP contribution in [0.2, 0.25) is 5.02 Å². The monoisotopic (exact) mass is 378 g/mol. The predicted octanol–water partition coefficient (Wildman–Crippen LogP) is 4.31. The van der Waals surface area contributed by atoms with E-state index in [-0.39, 0.29) is 11.7 Å². The summed E-state index contributed by atoms with van der Waals surface area (Å²) in [5.74, 6) is 0.641. The zero-order valence-corrected chi connectivity index (χ0v) is 15.4. The van der Waals surface area contributed by atoms with Gasteiger partial charge in [-0.15, -0.1) is 11.8 Å². The first-order valence-electron chi connectivity index (χ1n) is 8.30. The number of para-hydroxylation sites is 1. The van der Waals surface area contributed by atoms with Gasteiger partial charge in [-0.05, 0) is 24.3 Å². The summed E-state index contributed by atoms with van der Waals surface area (Å²) in [6.45, 7) is 2.57. The number of anilines is 1. The second-order valence-corrected chi connectivity index (χ2v) is 7.39. The molecule has 0 spiro atoms. The van der Waals surface area contributed by atoms with Crippen molar-refractivity contribution in [3.63, 3.8) is 0 Å². The Labute approximate surface area is 156 Å². The van der Waals surface area contributed by atoms with Crippen LogP contribution >= 0.6 is 23.4 Å². The Hall–Kier alpha value is -1.72. The molecule has 0 aromatic heterocycles. The highest BCUT2D eigenvalue weighted by atomic mass is 35.5. The number of carbonyl (C=O) groups is 1. The number of piperazine rings is 1. The molecule has 0 bridgehead atoms. The summed E-state index contributed by atoms with van der Waals surface area (Å²) in [5, 5.41) is 0.721. The van der Waals surface area contributed by atoms with Gasteiger partial charge in [-0.3, -0.25) is 4.79 Å². The third-order valence-electron chi connectivity index (χ3n) is 4.24. The number of thioether (sulfide) groups is 1. The van der Waals surface area contributed by atoms with Crippen LogP contribution in [0.5, 0.6) is 0 Å². The van der Waals surface area contributed by atoms with Crippen LogP contribution in [0.4, 0.5) is 10.1 Å². The van der Waals surface area contributed by atoms with E-state index in [4.69, 9.17) is 11.6 Å². The average Bonchev–Trinajstić information content (AvgIpc) is 2.64. The molecule has 0 N–H and O–H groups in total. The van der Waals surface area contributed by atoms with Gasteiger partial charge in [0.25, 0.3) is 0 Å². The summed E-state index contributed by atoms with van der Waals surface area (Å²) in [6, 6.07) is 14.4. The van der Waals surface area contributed by atoms with Crippen molar-refractivity contribution in [3.05, 3.63) is 59.4 Å². The van der Waals surface area contributed by atoms with Crippen LogP contribution in [0, 0.1) is 5.82 Å². The second-order valence-electron chi connectivity index (χ2n) is 5.85. The van der Waals surface area contributed by atoms with Gasteiger partial charge in [0.2, 0.25) is 5.91 Å². The number of benzene rings is 2. The Morgan fingerprint density at radius 3 is 2.44 bits per heavy atom. The van der Waals surface area contributed by atoms with E-state index in [2.05, 4.69) is 0 Å². The SMILES string of the molecule is O=C(CCSc1ccccc1Cl)N1CCN(c2ccccc2F)CC1. The Bertz CT molecular complexity index is 735. The zero-order chi connectivity index (χ0) is 17.6. The third-order valence-corrected chi connectivity index (χ3v) is 5.75. The number of rotatable bonds is 5. The summed E-state index contributed by atoms with van der Waals surface area (Å²) in [5.41, 5.74) is 0.615. The summed E-state index contributed by atoms with van der Waals surface area (Å²) >= 11 is 7.72. The Balaban J connectivity index is 1.46. The van der Waals surface area contributed by atoms with Gasteiger partial charge >= 0.3 is 0 Å². The molecule has 0 unspecified atom stereocenters. The van der Waals surface area contributed by atoms with Crippen molar-refractivity contribution >= 4 is 35.0 Å². The molecule has 0 aliphatic carbocycles. The van der Waals surface area contributed by atoms with Crippen molar-refractivity contribution in [3.8, 4) is 0 Å². The molecule has 1 aliphatic heterocycles. The van der Waals surface area contributed by atoms with Gasteiger partial charge in [-0.1, -0.05) is 35.9 Å². The normalized spacial score (nSPS) is 14.6. The first kappa shape index (κ1) is 18.1. The molecule has 132 valence electrons. The van der Waals surface area contributed by atoms with Crippen molar-refractivity contribution in [2.45, 2.75) is 11.3 Å². The molecule has 6 heteroatoms. The standard InChI is InChI=1S/C19H20ClFN2OS/c20-15-5-1-4-8-18(15)25-14-9-19(24)23-12-10-22(11-13-23)17-7-3-2-6-16(17)21/h1-8H,9-14H2. The fraction of sp³-hybridized carbons (Fsp3) is 0.316. The lowest BCUT2D eigenvalue weighted by molar-refractivity contribution is -0.131. The van der Waals surface area contributed by atoms with Gasteiger partial charge in [-0.25, -0.2) is 4.39 Å². The highest BCUT2D eigenvalue weighted by Crippen LogP contribution is 2.27. The molecule has 1 aliphatic rings. The largest absolute Gasteiger partial charge is 0.366 e. The maximum atomic E-state index is 13.9. The minimum atomic E-state index is -0.210. The highest BCUT2D eigenvalue weighted by molar-refractivity contribution is 7.99. The van der Waals surface area contributed by atoms with E-state index in [0.29, 0.717) is 44.0 Å². The fourth-order valence-electron chi connectivity index (χ4n) is 2.87. The minimum Gasteiger partial charge on any atom is -0.366 e. The van der Waals surface area contributed by atoms with Crippen LogP contribution in [0.25, 0.3) is 0 Å². The van der Waals surface area contributed by atoms with Crippen molar-refractivity contribution in [1.29, 1.82) is 0 Å². The van der Waals surface area contributed by atoms with Gasteiger partial charge in [0.15, 0.2) is 0 Å². The quantitative estimate of drug-likeness (QED) is 0.724. The van der Waals surface area contributed by atoms with E-state index in [1.54, 1.807) is 23.9 Å². The minimum absolute atomic E-state index is 0.146. The topological polar surface area (TPSA) is 23.6 Å². The van der Waals surface area contributed by atoms with Crippen LogP contribution < -0.4 is 4.90 Å². The molecule has 25 heavy (non-hydrogen) atoms. The summed E-state index contributed by atoms with van der Waals surface area (Å²) < 4.78 is 13.9. The number of halogens is 2. The lowest BCUT2D eigenvalue weighted by atomic mass is 10.2. The van der Waals surface area contributed by atoms with Crippen LogP contribution in [-0.4, -0.2) is 42.7 Å². The molecule has 1 saturated heterocycles. The van der Waals surface area contributed by atoms with E-state index in [1.165, 1.54) is 6.07 Å². The predicted molar refractivity (Wildman–Crippen MR) is 102 cm³/mol. The lowest BCUT2D eigenvalue weighted by Gasteiger charge is -2.36. The molecule has 3 rings (SSSR count). The molecule has 2 aromatic carbocycles. The molecule has 0 saturated carbocycles. The van der Waals surface area contributed by atoms with Gasteiger partial charge in [0, 0.05) is 43.2 Å². The van der Waals surface area contributed by atoms with Crippen molar-refractivity contribution < 1.29 is 9.18 Å². The number of carbonyl (C=O) groups excluding carboxylic acids is 1. The van der Waals surface area contributed by atoms with Gasteiger partial charge in [0.05, 0.1) is 10.7 Å². The summed E-state index contributed by atoms with van der Waals surface area (Å²) in [7, 11) is 0. The Morgan fingerprint density at radius 1 is 1.04 bits per heavy atom. The summed E-state index contributed by atoms with van der Waals surface area (Å²) in [4.78, 5) is 17.2. The Morgan fingerprint density at radius 2 is 1.72 bits per heavy atom. The molecule has 3 nitrogen and oxygen atoms in total. The lowest BCUT2D eigenvalue weighted by Crippen LogP contribution is -2.49. The average molecular weight is 379 g/mol. The molecule has 0 atom stereocenters. The van der Waals surface area contributed by atoms with Gasteiger partial charge in [-0.2, -0.15) is 0 Å². The van der Waals surface area contributed by atoms with Crippen LogP contribution in [-0.2, 0) is 4.79 Å². The molecule has 1 amide bonds.